The Balaban J connectivity index is 2.62. The molecule has 2 aromatic rings. The molecule has 0 saturated carbocycles. The number of fused-ring (bicyclic) bond motifs is 1. The highest BCUT2D eigenvalue weighted by molar-refractivity contribution is 6.75. The summed E-state index contributed by atoms with van der Waals surface area (Å²) in [5, 5.41) is 5.76. The highest BCUT2D eigenvalue weighted by atomic mass is 27.2. The summed E-state index contributed by atoms with van der Waals surface area (Å²) in [5.74, 6) is 0. The molecular formula is C18H26AlN. The Hall–Kier alpha value is -0.968. The van der Waals surface area contributed by atoms with Gasteiger partial charge in [-0.15, -0.1) is 4.43 Å². The molecule has 0 radical (unpaired) electrons. The summed E-state index contributed by atoms with van der Waals surface area (Å²) >= 11 is -0.838. The zero-order chi connectivity index (χ0) is 14.5. The van der Waals surface area contributed by atoms with E-state index in [1.54, 1.807) is 4.43 Å². The second kappa shape index (κ2) is 7.16. The third kappa shape index (κ3) is 3.19. The predicted octanol–water partition coefficient (Wildman–Crippen LogP) is 4.43. The van der Waals surface area contributed by atoms with Crippen LogP contribution in [0.1, 0.15) is 26.7 Å². The molecule has 0 heterocycles. The number of hydrogen-bond acceptors (Lipinski definition) is 1. The molecule has 0 aliphatic rings. The standard InChI is InChI=1S/C12H12N.2C3H7.Al/c1-13(2)12-9-5-7-10-6-3-4-8-11(10)12;2*1-3-2;/h3-7,9H,1-2H3;2*1,3H2,2H3;. The van der Waals surface area contributed by atoms with Crippen LogP contribution >= 0.6 is 0 Å². The van der Waals surface area contributed by atoms with Crippen LogP contribution in [0.5, 0.6) is 0 Å². The molecule has 1 nitrogen and oxygen atoms in total. The van der Waals surface area contributed by atoms with E-state index in [1.807, 2.05) is 0 Å². The lowest BCUT2D eigenvalue weighted by atomic mass is 10.1. The van der Waals surface area contributed by atoms with Crippen LogP contribution in [0.15, 0.2) is 36.4 Å². The first-order valence-corrected chi connectivity index (χ1v) is 10.1. The summed E-state index contributed by atoms with van der Waals surface area (Å²) in [6, 6.07) is 13.6. The molecule has 0 saturated heterocycles. The molecular weight excluding hydrogens is 257 g/mol. The molecule has 0 N–H and O–H groups in total. The maximum absolute atomic E-state index is 2.40. The highest BCUT2D eigenvalue weighted by Gasteiger charge is 2.21. The van der Waals surface area contributed by atoms with Crippen LogP contribution in [0.25, 0.3) is 10.8 Å². The molecule has 20 heavy (non-hydrogen) atoms. The quantitative estimate of drug-likeness (QED) is 0.709. The molecule has 0 unspecified atom stereocenters. The summed E-state index contributed by atoms with van der Waals surface area (Å²) in [5.41, 5.74) is 1.38. The van der Waals surface area contributed by atoms with E-state index in [9.17, 15) is 0 Å². The zero-order valence-corrected chi connectivity index (χ0v) is 14.5. The van der Waals surface area contributed by atoms with E-state index in [0.29, 0.717) is 0 Å². The number of nitrogens with zero attached hydrogens (tertiary/aromatic N) is 1. The van der Waals surface area contributed by atoms with Crippen molar-refractivity contribution in [2.75, 3.05) is 19.0 Å². The number of benzene rings is 2. The highest BCUT2D eigenvalue weighted by Crippen LogP contribution is 2.25. The largest absolute Gasteiger partial charge is 0.377 e. The van der Waals surface area contributed by atoms with Crippen LogP contribution in [0.4, 0.5) is 5.69 Å². The van der Waals surface area contributed by atoms with Gasteiger partial charge in [-0.05, 0) is 16.8 Å². The number of anilines is 1. The minimum atomic E-state index is -0.838. The van der Waals surface area contributed by atoms with Gasteiger partial charge in [0.05, 0.1) is 0 Å². The Morgan fingerprint density at radius 3 is 2.05 bits per heavy atom. The van der Waals surface area contributed by atoms with Crippen molar-refractivity contribution in [2.24, 2.45) is 0 Å². The van der Waals surface area contributed by atoms with Crippen LogP contribution in [0.2, 0.25) is 10.6 Å². The van der Waals surface area contributed by atoms with Gasteiger partial charge in [0, 0.05) is 19.8 Å². The van der Waals surface area contributed by atoms with Gasteiger partial charge in [-0.3, -0.25) is 0 Å². The van der Waals surface area contributed by atoms with Gasteiger partial charge in [0.2, 0.25) is 0 Å². The first-order chi connectivity index (χ1) is 9.69. The van der Waals surface area contributed by atoms with Crippen molar-refractivity contribution in [1.82, 2.24) is 0 Å². The molecule has 0 bridgehead atoms. The van der Waals surface area contributed by atoms with Gasteiger partial charge in [0.15, 0.2) is 0 Å². The minimum Gasteiger partial charge on any atom is -0.377 e. The number of rotatable bonds is 6. The Bertz CT molecular complexity index is 551. The maximum Gasteiger partial charge on any atom is 0.306 e. The monoisotopic (exact) mass is 283 g/mol. The van der Waals surface area contributed by atoms with Crippen molar-refractivity contribution in [2.45, 2.75) is 37.3 Å². The van der Waals surface area contributed by atoms with Crippen molar-refractivity contribution in [3.63, 3.8) is 0 Å². The summed E-state index contributed by atoms with van der Waals surface area (Å²) in [6.07, 6.45) is 2.63. The third-order valence-corrected chi connectivity index (χ3v) is 8.02. The van der Waals surface area contributed by atoms with E-state index in [1.165, 1.54) is 39.9 Å². The van der Waals surface area contributed by atoms with Crippen molar-refractivity contribution in [1.29, 1.82) is 0 Å². The van der Waals surface area contributed by atoms with Gasteiger partial charge < -0.3 is 4.90 Å². The van der Waals surface area contributed by atoms with Crippen LogP contribution < -0.4 is 9.33 Å². The van der Waals surface area contributed by atoms with Crippen molar-refractivity contribution in [3.05, 3.63) is 36.4 Å². The Morgan fingerprint density at radius 2 is 1.50 bits per heavy atom. The second-order valence-corrected chi connectivity index (χ2v) is 9.06. The third-order valence-electron chi connectivity index (χ3n) is 4.11. The molecule has 0 atom stereocenters. The molecule has 2 heteroatoms. The zero-order valence-electron chi connectivity index (χ0n) is 13.3. The molecule has 0 amide bonds. The fourth-order valence-corrected chi connectivity index (χ4v) is 6.63. The normalized spacial score (nSPS) is 10.8. The van der Waals surface area contributed by atoms with E-state index >= 15 is 0 Å². The van der Waals surface area contributed by atoms with Gasteiger partial charge in [-0.25, -0.2) is 0 Å². The van der Waals surface area contributed by atoms with Gasteiger partial charge in [0.1, 0.15) is 0 Å². The minimum absolute atomic E-state index is 0.838. The van der Waals surface area contributed by atoms with Crippen molar-refractivity contribution in [3.8, 4) is 0 Å². The molecule has 2 aromatic carbocycles. The fraction of sp³-hybridized carbons (Fsp3) is 0.444. The van der Waals surface area contributed by atoms with E-state index in [-0.39, 0.29) is 0 Å². The summed E-state index contributed by atoms with van der Waals surface area (Å²) in [4.78, 5) is 2.26. The molecule has 0 aliphatic carbocycles. The van der Waals surface area contributed by atoms with Crippen LogP contribution in [0, 0.1) is 0 Å². The average Bonchev–Trinajstić information content (AvgIpc) is 2.45. The topological polar surface area (TPSA) is 3.24 Å². The summed E-state index contributed by atoms with van der Waals surface area (Å²) < 4.78 is 1.68. The Kier molecular flexibility index (Phi) is 5.52. The summed E-state index contributed by atoms with van der Waals surface area (Å²) in [7, 11) is 4.31. The lowest BCUT2D eigenvalue weighted by molar-refractivity contribution is 1.01. The number of hydrogen-bond donors (Lipinski definition) is 0. The van der Waals surface area contributed by atoms with E-state index < -0.39 is 14.1 Å². The average molecular weight is 283 g/mol. The maximum atomic E-state index is 2.40. The SMILES string of the molecule is CC[CH2][Al]([CH2]CC)[c]1cccc2cccc(N(C)C)c12. The first-order valence-electron chi connectivity index (χ1n) is 7.88. The van der Waals surface area contributed by atoms with Crippen molar-refractivity contribution >= 4 is 35.0 Å². The second-order valence-electron chi connectivity index (χ2n) is 5.89. The fourth-order valence-electron chi connectivity index (χ4n) is 3.21. The first kappa shape index (κ1) is 15.4. The molecule has 0 aromatic heterocycles. The predicted molar refractivity (Wildman–Crippen MR) is 93.9 cm³/mol. The Labute approximate surface area is 128 Å². The molecule has 0 fully saturated rings. The lowest BCUT2D eigenvalue weighted by Crippen LogP contribution is -2.31. The van der Waals surface area contributed by atoms with Crippen LogP contribution in [-0.4, -0.2) is 28.2 Å². The van der Waals surface area contributed by atoms with Crippen LogP contribution in [0.3, 0.4) is 0 Å². The van der Waals surface area contributed by atoms with Gasteiger partial charge >= 0.3 is 14.1 Å². The van der Waals surface area contributed by atoms with E-state index in [4.69, 9.17) is 0 Å². The van der Waals surface area contributed by atoms with E-state index in [2.05, 4.69) is 69.2 Å². The Morgan fingerprint density at radius 1 is 0.900 bits per heavy atom. The van der Waals surface area contributed by atoms with Crippen molar-refractivity contribution < 1.29 is 0 Å². The lowest BCUT2D eigenvalue weighted by Gasteiger charge is -2.20. The van der Waals surface area contributed by atoms with E-state index in [0.717, 1.165) is 0 Å². The van der Waals surface area contributed by atoms with Crippen LogP contribution in [-0.2, 0) is 0 Å². The van der Waals surface area contributed by atoms with Gasteiger partial charge in [0.25, 0.3) is 0 Å². The van der Waals surface area contributed by atoms with Gasteiger partial charge in [-0.2, -0.15) is 0 Å². The molecule has 106 valence electrons. The molecule has 0 aliphatic heterocycles. The molecule has 2 rings (SSSR count). The summed E-state index contributed by atoms with van der Waals surface area (Å²) in [6.45, 7) is 4.65. The van der Waals surface area contributed by atoms with Gasteiger partial charge in [-0.1, -0.05) is 67.6 Å². The smallest absolute Gasteiger partial charge is 0.306 e. The molecule has 0 spiro atoms.